The number of anilines is 1. The Morgan fingerprint density at radius 3 is 2.54 bits per heavy atom. The molecule has 1 aromatic heterocycles. The van der Waals surface area contributed by atoms with E-state index in [4.69, 9.17) is 0 Å². The lowest BCUT2D eigenvalue weighted by Gasteiger charge is -2.28. The third-order valence-corrected chi connectivity index (χ3v) is 3.71. The van der Waals surface area contributed by atoms with Crippen LogP contribution in [0, 0.1) is 0 Å². The summed E-state index contributed by atoms with van der Waals surface area (Å²) >= 11 is 0. The third-order valence-electron chi connectivity index (χ3n) is 3.71. The minimum absolute atomic E-state index is 0.0217. The average molecular weight is 346 g/mol. The van der Waals surface area contributed by atoms with Gasteiger partial charge in [-0.15, -0.1) is 0 Å². The summed E-state index contributed by atoms with van der Waals surface area (Å²) in [4.78, 5) is 37.3. The van der Waals surface area contributed by atoms with Crippen LogP contribution < -0.4 is 10.9 Å². The van der Waals surface area contributed by atoms with E-state index >= 15 is 0 Å². The number of halogens is 3. The second kappa shape index (κ2) is 7.06. The maximum absolute atomic E-state index is 12.9. The van der Waals surface area contributed by atoms with Gasteiger partial charge in [0.15, 0.2) is 5.78 Å². The number of aromatic nitrogens is 1. The van der Waals surface area contributed by atoms with Crippen molar-refractivity contribution in [3.8, 4) is 0 Å². The number of esters is 1. The van der Waals surface area contributed by atoms with Crippen molar-refractivity contribution in [2.75, 3.05) is 11.9 Å². The van der Waals surface area contributed by atoms with Crippen LogP contribution in [-0.4, -0.2) is 29.4 Å². The van der Waals surface area contributed by atoms with Gasteiger partial charge in [-0.2, -0.15) is 13.2 Å². The zero-order valence-corrected chi connectivity index (χ0v) is 13.0. The molecule has 132 valence electrons. The van der Waals surface area contributed by atoms with Crippen LogP contribution in [0.4, 0.5) is 19.0 Å². The second-order valence-electron chi connectivity index (χ2n) is 5.48. The van der Waals surface area contributed by atoms with E-state index in [9.17, 15) is 27.6 Å². The van der Waals surface area contributed by atoms with Gasteiger partial charge in [0.1, 0.15) is 17.8 Å². The summed E-state index contributed by atoms with van der Waals surface area (Å²) in [6, 6.07) is 0.466. The summed E-state index contributed by atoms with van der Waals surface area (Å²) in [5, 5.41) is 2.86. The van der Waals surface area contributed by atoms with E-state index in [0.29, 0.717) is 6.07 Å². The first kappa shape index (κ1) is 18.0. The van der Waals surface area contributed by atoms with E-state index in [1.165, 1.54) is 0 Å². The Hall–Kier alpha value is -2.32. The van der Waals surface area contributed by atoms with Crippen LogP contribution in [0.3, 0.4) is 0 Å². The molecule has 0 saturated heterocycles. The molecule has 1 aromatic rings. The molecule has 0 unspecified atom stereocenters. The molecule has 2 N–H and O–H groups in total. The molecule has 1 saturated carbocycles. The normalized spacial score (nSPS) is 14.8. The number of rotatable bonds is 6. The summed E-state index contributed by atoms with van der Waals surface area (Å²) < 4.78 is 43.3. The number of alkyl halides is 3. The quantitative estimate of drug-likeness (QED) is 0.469. The topological polar surface area (TPSA) is 88.3 Å². The number of pyridine rings is 1. The largest absolute Gasteiger partial charge is 0.466 e. The van der Waals surface area contributed by atoms with Gasteiger partial charge in [0.05, 0.1) is 12.2 Å². The number of aromatic amines is 1. The van der Waals surface area contributed by atoms with Crippen molar-refractivity contribution in [3.63, 3.8) is 0 Å². The van der Waals surface area contributed by atoms with Crippen LogP contribution in [0.25, 0.3) is 0 Å². The van der Waals surface area contributed by atoms with E-state index in [0.717, 1.165) is 19.3 Å². The van der Waals surface area contributed by atoms with Crippen LogP contribution in [-0.2, 0) is 15.7 Å². The molecule has 1 aliphatic rings. The summed E-state index contributed by atoms with van der Waals surface area (Å²) in [6.07, 6.45) is -3.07. The van der Waals surface area contributed by atoms with Crippen molar-refractivity contribution in [3.05, 3.63) is 27.5 Å². The fourth-order valence-corrected chi connectivity index (χ4v) is 2.27. The molecule has 1 aliphatic carbocycles. The molecular formula is C15H17F3N2O4. The first-order valence-corrected chi connectivity index (χ1v) is 7.52. The number of carbonyl (C=O) groups is 2. The van der Waals surface area contributed by atoms with Gasteiger partial charge >= 0.3 is 12.1 Å². The first-order chi connectivity index (χ1) is 11.2. The Morgan fingerprint density at radius 2 is 2.04 bits per heavy atom. The predicted octanol–water partition coefficient (Wildman–Crippen LogP) is 2.49. The van der Waals surface area contributed by atoms with E-state index in [2.05, 4.69) is 15.0 Å². The molecule has 9 heteroatoms. The lowest BCUT2D eigenvalue weighted by molar-refractivity contribution is -0.142. The Balaban J connectivity index is 2.38. The molecule has 2 rings (SSSR count). The van der Waals surface area contributed by atoms with Crippen LogP contribution in [0.1, 0.15) is 48.5 Å². The van der Waals surface area contributed by atoms with Gasteiger partial charge in [-0.25, -0.2) is 0 Å². The monoisotopic (exact) mass is 346 g/mol. The fourth-order valence-electron chi connectivity index (χ4n) is 2.27. The summed E-state index contributed by atoms with van der Waals surface area (Å²) in [7, 11) is 0. The van der Waals surface area contributed by atoms with Crippen molar-refractivity contribution in [1.29, 1.82) is 0 Å². The average Bonchev–Trinajstić information content (AvgIpc) is 2.41. The van der Waals surface area contributed by atoms with E-state index in [1.807, 2.05) is 0 Å². The highest BCUT2D eigenvalue weighted by Gasteiger charge is 2.36. The van der Waals surface area contributed by atoms with Crippen molar-refractivity contribution < 1.29 is 27.5 Å². The number of nitrogens with one attached hydrogen (secondary N) is 2. The standard InChI is InChI=1S/C15H17F3N2O4/c1-2-24-12(22)7-11(21)9-6-10(15(16,17)18)14(23)20-13(9)19-8-4-3-5-8/h6,8H,2-5,7H2,1H3,(H2,19,20,23). The van der Waals surface area contributed by atoms with Crippen molar-refractivity contribution in [1.82, 2.24) is 4.98 Å². The van der Waals surface area contributed by atoms with Crippen LogP contribution in [0.2, 0.25) is 0 Å². The molecule has 6 nitrogen and oxygen atoms in total. The SMILES string of the molecule is CCOC(=O)CC(=O)c1cc(C(F)(F)F)c(=O)[nH]c1NC1CCC1. The molecule has 1 fully saturated rings. The van der Waals surface area contributed by atoms with Crippen LogP contribution in [0.15, 0.2) is 10.9 Å². The van der Waals surface area contributed by atoms with Crippen molar-refractivity contribution in [2.24, 2.45) is 0 Å². The Kier molecular flexibility index (Phi) is 5.30. The number of hydrogen-bond donors (Lipinski definition) is 2. The molecule has 0 radical (unpaired) electrons. The summed E-state index contributed by atoms with van der Waals surface area (Å²) in [6.45, 7) is 1.60. The van der Waals surface area contributed by atoms with E-state index in [-0.39, 0.29) is 24.0 Å². The van der Waals surface area contributed by atoms with Gasteiger partial charge in [0, 0.05) is 6.04 Å². The van der Waals surface area contributed by atoms with Crippen molar-refractivity contribution in [2.45, 2.75) is 44.8 Å². The lowest BCUT2D eigenvalue weighted by Crippen LogP contribution is -2.31. The van der Waals surface area contributed by atoms with E-state index in [1.54, 1.807) is 6.92 Å². The maximum atomic E-state index is 12.9. The highest BCUT2D eigenvalue weighted by molar-refractivity contribution is 6.08. The Labute approximate surface area is 135 Å². The molecule has 24 heavy (non-hydrogen) atoms. The molecule has 0 aromatic carbocycles. The predicted molar refractivity (Wildman–Crippen MR) is 78.9 cm³/mol. The zero-order valence-electron chi connectivity index (χ0n) is 13.0. The van der Waals surface area contributed by atoms with Crippen LogP contribution in [0.5, 0.6) is 0 Å². The Morgan fingerprint density at radius 1 is 1.38 bits per heavy atom. The van der Waals surface area contributed by atoms with Crippen LogP contribution >= 0.6 is 0 Å². The van der Waals surface area contributed by atoms with Gasteiger partial charge in [0.2, 0.25) is 0 Å². The highest BCUT2D eigenvalue weighted by atomic mass is 19.4. The minimum Gasteiger partial charge on any atom is -0.466 e. The van der Waals surface area contributed by atoms with E-state index < -0.39 is 35.5 Å². The number of carbonyl (C=O) groups excluding carboxylic acids is 2. The molecule has 0 spiro atoms. The fraction of sp³-hybridized carbons (Fsp3) is 0.533. The molecule has 0 atom stereocenters. The summed E-state index contributed by atoms with van der Waals surface area (Å²) in [5.41, 5.74) is -3.19. The zero-order chi connectivity index (χ0) is 17.9. The Bertz CT molecular complexity index is 693. The number of Topliss-reactive ketones (excluding diaryl/α,β-unsaturated/α-hetero) is 1. The lowest BCUT2D eigenvalue weighted by atomic mass is 9.93. The number of ketones is 1. The smallest absolute Gasteiger partial charge is 0.421 e. The first-order valence-electron chi connectivity index (χ1n) is 7.52. The van der Waals surface area contributed by atoms with Crippen molar-refractivity contribution >= 4 is 17.6 Å². The molecular weight excluding hydrogens is 329 g/mol. The minimum atomic E-state index is -4.90. The molecule has 0 amide bonds. The molecule has 0 aliphatic heterocycles. The van der Waals surface area contributed by atoms with Gasteiger partial charge in [-0.05, 0) is 32.3 Å². The number of hydrogen-bond acceptors (Lipinski definition) is 5. The maximum Gasteiger partial charge on any atom is 0.421 e. The number of ether oxygens (including phenoxy) is 1. The van der Waals surface area contributed by atoms with Gasteiger partial charge in [-0.1, -0.05) is 0 Å². The summed E-state index contributed by atoms with van der Waals surface area (Å²) in [5.74, 6) is -1.78. The highest BCUT2D eigenvalue weighted by Crippen LogP contribution is 2.30. The van der Waals surface area contributed by atoms with Gasteiger partial charge < -0.3 is 15.0 Å². The third kappa shape index (κ3) is 4.15. The van der Waals surface area contributed by atoms with Gasteiger partial charge in [0.25, 0.3) is 5.56 Å². The molecule has 1 heterocycles. The second-order valence-corrected chi connectivity index (χ2v) is 5.48. The molecule has 0 bridgehead atoms. The number of H-pyrrole nitrogens is 1. The van der Waals surface area contributed by atoms with Gasteiger partial charge in [-0.3, -0.25) is 14.4 Å².